The maximum atomic E-state index is 11.1. The molecule has 2 rings (SSSR count). The first-order valence-electron chi connectivity index (χ1n) is 3.75. The van der Waals surface area contributed by atoms with Crippen molar-refractivity contribution in [2.24, 2.45) is 15.2 Å². The topological polar surface area (TPSA) is 63.4 Å². The van der Waals surface area contributed by atoms with Crippen LogP contribution in [0.25, 0.3) is 0 Å². The summed E-state index contributed by atoms with van der Waals surface area (Å²) in [5, 5.41) is 7.49. The van der Waals surface area contributed by atoms with Crippen LogP contribution in [0.2, 0.25) is 0 Å². The summed E-state index contributed by atoms with van der Waals surface area (Å²) in [5.74, 6) is -0.372. The van der Waals surface area contributed by atoms with Crippen LogP contribution in [0.4, 0.5) is 0 Å². The Morgan fingerprint density at radius 2 is 2.38 bits per heavy atom. The van der Waals surface area contributed by atoms with Gasteiger partial charge in [-0.3, -0.25) is 4.99 Å². The highest BCUT2D eigenvalue weighted by molar-refractivity contribution is 6.45. The molecule has 0 unspecified atom stereocenters. The van der Waals surface area contributed by atoms with Crippen LogP contribution in [0.15, 0.2) is 26.8 Å². The van der Waals surface area contributed by atoms with E-state index >= 15 is 0 Å². The van der Waals surface area contributed by atoms with E-state index in [9.17, 15) is 4.79 Å². The molecule has 5 heteroatoms. The second kappa shape index (κ2) is 2.93. The van der Waals surface area contributed by atoms with Crippen molar-refractivity contribution in [2.45, 2.75) is 6.04 Å². The molecule has 2 aliphatic heterocycles. The molecule has 2 heterocycles. The van der Waals surface area contributed by atoms with E-state index in [1.54, 1.807) is 12.3 Å². The fourth-order valence-electron chi connectivity index (χ4n) is 1.12. The number of carbonyl (C=O) groups is 1. The summed E-state index contributed by atoms with van der Waals surface area (Å²) in [6.45, 7) is 0. The molecule has 0 N–H and O–H groups in total. The molecule has 0 aliphatic carbocycles. The summed E-state index contributed by atoms with van der Waals surface area (Å²) < 4.78 is 4.56. The molecule has 13 heavy (non-hydrogen) atoms. The number of nitrogens with zero attached hydrogens (tertiary/aromatic N) is 3. The average molecular weight is 177 g/mol. The lowest BCUT2D eigenvalue weighted by Gasteiger charge is -2.09. The van der Waals surface area contributed by atoms with Crippen LogP contribution in [0, 0.1) is 0 Å². The number of ether oxygens (including phenoxy) is 1. The van der Waals surface area contributed by atoms with Gasteiger partial charge in [0, 0.05) is 5.57 Å². The highest BCUT2D eigenvalue weighted by Gasteiger charge is 2.22. The molecule has 1 atom stereocenters. The maximum Gasteiger partial charge on any atom is 0.334 e. The SMILES string of the molecule is COC(=O)[C@@H]1C=C2C=NN=C2C=N1. The standard InChI is InChI=1S/C8H7N3O2/c1-13-8(12)6-2-5-3-10-11-7(5)4-9-6/h2-4,6H,1H3/t6-/m0/s1. The van der Waals surface area contributed by atoms with Gasteiger partial charge in [-0.2, -0.15) is 5.10 Å². The molecular formula is C8H7N3O2. The van der Waals surface area contributed by atoms with Crippen molar-refractivity contribution in [3.63, 3.8) is 0 Å². The van der Waals surface area contributed by atoms with Gasteiger partial charge in [0.05, 0.1) is 19.5 Å². The lowest BCUT2D eigenvalue weighted by molar-refractivity contribution is -0.140. The second-order valence-electron chi connectivity index (χ2n) is 2.60. The highest BCUT2D eigenvalue weighted by atomic mass is 16.5. The van der Waals surface area contributed by atoms with Gasteiger partial charge in [0.1, 0.15) is 5.71 Å². The van der Waals surface area contributed by atoms with Crippen molar-refractivity contribution < 1.29 is 9.53 Å². The van der Waals surface area contributed by atoms with Crippen molar-refractivity contribution in [1.82, 2.24) is 0 Å². The number of rotatable bonds is 1. The summed E-state index contributed by atoms with van der Waals surface area (Å²) >= 11 is 0. The van der Waals surface area contributed by atoms with Gasteiger partial charge >= 0.3 is 5.97 Å². The summed E-state index contributed by atoms with van der Waals surface area (Å²) in [6.07, 6.45) is 4.81. The van der Waals surface area contributed by atoms with Crippen LogP contribution in [0.3, 0.4) is 0 Å². The fraction of sp³-hybridized carbons (Fsp3) is 0.250. The Balaban J connectivity index is 2.25. The molecule has 0 aromatic heterocycles. The van der Waals surface area contributed by atoms with Gasteiger partial charge < -0.3 is 4.74 Å². The van der Waals surface area contributed by atoms with E-state index in [0.29, 0.717) is 5.71 Å². The molecular weight excluding hydrogens is 170 g/mol. The van der Waals surface area contributed by atoms with Crippen LogP contribution < -0.4 is 0 Å². The highest BCUT2D eigenvalue weighted by Crippen LogP contribution is 2.11. The number of hydrogen-bond acceptors (Lipinski definition) is 5. The summed E-state index contributed by atoms with van der Waals surface area (Å²) in [6, 6.07) is -0.552. The van der Waals surface area contributed by atoms with E-state index in [1.165, 1.54) is 13.3 Å². The molecule has 0 aromatic carbocycles. The Labute approximate surface area is 74.5 Å². The van der Waals surface area contributed by atoms with Gasteiger partial charge in [-0.05, 0) is 6.08 Å². The van der Waals surface area contributed by atoms with Crippen LogP contribution in [0.1, 0.15) is 0 Å². The molecule has 5 nitrogen and oxygen atoms in total. The number of fused-ring (bicyclic) bond motifs is 1. The Morgan fingerprint density at radius 1 is 1.54 bits per heavy atom. The second-order valence-corrected chi connectivity index (χ2v) is 2.60. The van der Waals surface area contributed by atoms with Gasteiger partial charge in [-0.15, -0.1) is 5.10 Å². The van der Waals surface area contributed by atoms with Crippen molar-refractivity contribution in [3.8, 4) is 0 Å². The Kier molecular flexibility index (Phi) is 1.77. The van der Waals surface area contributed by atoms with Crippen LogP contribution in [-0.4, -0.2) is 37.3 Å². The molecule has 0 radical (unpaired) electrons. The molecule has 0 amide bonds. The molecule has 66 valence electrons. The summed E-state index contributed by atoms with van der Waals surface area (Å²) in [4.78, 5) is 15.0. The molecule has 0 bridgehead atoms. The van der Waals surface area contributed by atoms with Gasteiger partial charge in [-0.25, -0.2) is 4.79 Å². The minimum Gasteiger partial charge on any atom is -0.467 e. The van der Waals surface area contributed by atoms with Gasteiger partial charge in [0.2, 0.25) is 0 Å². The number of allylic oxidation sites excluding steroid dienone is 1. The zero-order valence-corrected chi connectivity index (χ0v) is 6.97. The molecule has 0 aromatic rings. The van der Waals surface area contributed by atoms with Gasteiger partial charge in [-0.1, -0.05) is 0 Å². The van der Waals surface area contributed by atoms with Crippen molar-refractivity contribution in [3.05, 3.63) is 11.6 Å². The number of methoxy groups -OCH3 is 1. The van der Waals surface area contributed by atoms with E-state index < -0.39 is 6.04 Å². The predicted molar refractivity (Wildman–Crippen MR) is 48.3 cm³/mol. The Bertz CT molecular complexity index is 366. The minimum atomic E-state index is -0.552. The number of hydrogen-bond donors (Lipinski definition) is 0. The Hall–Kier alpha value is -1.78. The minimum absolute atomic E-state index is 0.372. The number of carbonyl (C=O) groups excluding carboxylic acids is 1. The molecule has 0 saturated carbocycles. The normalized spacial score (nSPS) is 23.6. The quantitative estimate of drug-likeness (QED) is 0.528. The predicted octanol–water partition coefficient (Wildman–Crippen LogP) is -0.0208. The molecule has 0 saturated heterocycles. The zero-order valence-electron chi connectivity index (χ0n) is 6.97. The monoisotopic (exact) mass is 177 g/mol. The van der Waals surface area contributed by atoms with E-state index in [-0.39, 0.29) is 5.97 Å². The molecule has 2 aliphatic rings. The third-order valence-corrected chi connectivity index (χ3v) is 1.80. The van der Waals surface area contributed by atoms with Gasteiger partial charge in [0.15, 0.2) is 6.04 Å². The van der Waals surface area contributed by atoms with E-state index in [1.807, 2.05) is 0 Å². The summed E-state index contributed by atoms with van der Waals surface area (Å²) in [7, 11) is 1.34. The van der Waals surface area contributed by atoms with Crippen molar-refractivity contribution >= 4 is 24.1 Å². The largest absolute Gasteiger partial charge is 0.467 e. The first kappa shape index (κ1) is 7.85. The number of dihydropyridines is 1. The van der Waals surface area contributed by atoms with Crippen LogP contribution in [0.5, 0.6) is 0 Å². The average Bonchev–Trinajstić information content (AvgIpc) is 2.63. The molecule has 0 spiro atoms. The van der Waals surface area contributed by atoms with Gasteiger partial charge in [0.25, 0.3) is 0 Å². The third-order valence-electron chi connectivity index (χ3n) is 1.80. The van der Waals surface area contributed by atoms with Crippen molar-refractivity contribution in [2.75, 3.05) is 7.11 Å². The number of esters is 1. The van der Waals surface area contributed by atoms with E-state index in [0.717, 1.165) is 5.57 Å². The maximum absolute atomic E-state index is 11.1. The number of aliphatic imine (C=N–C) groups is 1. The fourth-order valence-corrected chi connectivity index (χ4v) is 1.12. The van der Waals surface area contributed by atoms with E-state index in [4.69, 9.17) is 0 Å². The first-order valence-corrected chi connectivity index (χ1v) is 3.75. The third kappa shape index (κ3) is 1.28. The lowest BCUT2D eigenvalue weighted by Crippen LogP contribution is -2.23. The Morgan fingerprint density at radius 3 is 3.15 bits per heavy atom. The van der Waals surface area contributed by atoms with Crippen LogP contribution in [-0.2, 0) is 9.53 Å². The lowest BCUT2D eigenvalue weighted by atomic mass is 10.1. The first-order chi connectivity index (χ1) is 6.31. The molecule has 0 fully saturated rings. The summed E-state index contributed by atoms with van der Waals surface area (Å²) in [5.41, 5.74) is 1.52. The smallest absolute Gasteiger partial charge is 0.334 e. The van der Waals surface area contributed by atoms with Crippen molar-refractivity contribution in [1.29, 1.82) is 0 Å². The van der Waals surface area contributed by atoms with E-state index in [2.05, 4.69) is 19.9 Å². The zero-order chi connectivity index (χ0) is 9.26. The van der Waals surface area contributed by atoms with Crippen LogP contribution >= 0.6 is 0 Å².